The van der Waals surface area contributed by atoms with Crippen LogP contribution in [0.25, 0.3) is 17.1 Å². The Morgan fingerprint density at radius 3 is 2.61 bits per heavy atom. The molecule has 0 saturated carbocycles. The first-order valence-electron chi connectivity index (χ1n) is 9.58. The summed E-state index contributed by atoms with van der Waals surface area (Å²) >= 11 is 0. The maximum absolute atomic E-state index is 13.1. The molecule has 1 unspecified atom stereocenters. The summed E-state index contributed by atoms with van der Waals surface area (Å²) in [6.45, 7) is 3.92. The van der Waals surface area contributed by atoms with Crippen molar-refractivity contribution in [3.63, 3.8) is 0 Å². The molecule has 2 aromatic carbocycles. The van der Waals surface area contributed by atoms with Crippen molar-refractivity contribution in [2.24, 2.45) is 0 Å². The van der Waals surface area contributed by atoms with Crippen LogP contribution in [0.5, 0.6) is 0 Å². The van der Waals surface area contributed by atoms with E-state index in [0.717, 1.165) is 36.3 Å². The summed E-state index contributed by atoms with van der Waals surface area (Å²) in [7, 11) is 3.93. The molecule has 0 aliphatic carbocycles. The Bertz CT molecular complexity index is 982. The molecule has 4 rings (SSSR count). The van der Waals surface area contributed by atoms with E-state index in [2.05, 4.69) is 22.0 Å². The minimum absolute atomic E-state index is 0.135. The van der Waals surface area contributed by atoms with Gasteiger partial charge < -0.3 is 9.80 Å². The van der Waals surface area contributed by atoms with Crippen LogP contribution in [0.3, 0.4) is 0 Å². The molecule has 0 N–H and O–H groups in total. The number of carbonyl (C=O) groups is 1. The van der Waals surface area contributed by atoms with E-state index in [-0.39, 0.29) is 17.8 Å². The molecule has 1 aliphatic heterocycles. The maximum atomic E-state index is 13.1. The van der Waals surface area contributed by atoms with Gasteiger partial charge in [-0.2, -0.15) is 0 Å². The van der Waals surface area contributed by atoms with Gasteiger partial charge in [-0.1, -0.05) is 42.5 Å². The Morgan fingerprint density at radius 2 is 1.93 bits per heavy atom. The molecule has 1 saturated heterocycles. The molecule has 2 heterocycles. The van der Waals surface area contributed by atoms with Crippen LogP contribution in [0.2, 0.25) is 0 Å². The molecular weight excluding hydrogens is 350 g/mol. The van der Waals surface area contributed by atoms with Gasteiger partial charge in [0.25, 0.3) is 5.91 Å². The van der Waals surface area contributed by atoms with E-state index >= 15 is 0 Å². The smallest absolute Gasteiger partial charge is 0.293 e. The molecule has 6 nitrogen and oxygen atoms in total. The van der Waals surface area contributed by atoms with Crippen LogP contribution in [0.4, 0.5) is 0 Å². The van der Waals surface area contributed by atoms with Crippen molar-refractivity contribution in [3.8, 4) is 17.1 Å². The molecule has 1 aliphatic rings. The van der Waals surface area contributed by atoms with Crippen molar-refractivity contribution in [2.75, 3.05) is 27.2 Å². The lowest BCUT2D eigenvalue weighted by atomic mass is 10.2. The Labute approximate surface area is 165 Å². The summed E-state index contributed by atoms with van der Waals surface area (Å²) < 4.78 is 1.77. The number of amides is 1. The molecule has 0 bridgehead atoms. The highest BCUT2D eigenvalue weighted by Gasteiger charge is 2.29. The van der Waals surface area contributed by atoms with Crippen LogP contribution in [-0.2, 0) is 0 Å². The summed E-state index contributed by atoms with van der Waals surface area (Å²) in [5.41, 5.74) is 2.96. The first kappa shape index (κ1) is 18.4. The first-order valence-corrected chi connectivity index (χ1v) is 9.58. The van der Waals surface area contributed by atoms with Crippen LogP contribution in [0.1, 0.15) is 22.6 Å². The lowest BCUT2D eigenvalue weighted by Crippen LogP contribution is -2.39. The summed E-state index contributed by atoms with van der Waals surface area (Å²) in [5, 5.41) is 4.61. The summed E-state index contributed by atoms with van der Waals surface area (Å²) in [6, 6.07) is 18.1. The van der Waals surface area contributed by atoms with Crippen LogP contribution >= 0.6 is 0 Å². The third-order valence-electron chi connectivity index (χ3n) is 5.31. The highest BCUT2D eigenvalue weighted by Crippen LogP contribution is 2.23. The number of hydrogen-bond donors (Lipinski definition) is 0. The molecule has 0 radical (unpaired) electrons. The number of benzene rings is 2. The number of likely N-dealkylation sites (N-methyl/N-ethyl adjacent to an activating group) is 2. The summed E-state index contributed by atoms with van der Waals surface area (Å²) in [5.74, 6) is 0.771. The molecule has 28 heavy (non-hydrogen) atoms. The fourth-order valence-electron chi connectivity index (χ4n) is 3.67. The van der Waals surface area contributed by atoms with Crippen LogP contribution in [0.15, 0.2) is 54.6 Å². The van der Waals surface area contributed by atoms with E-state index in [9.17, 15) is 4.79 Å². The Kier molecular flexibility index (Phi) is 4.96. The second kappa shape index (κ2) is 7.56. The van der Waals surface area contributed by atoms with Crippen molar-refractivity contribution in [3.05, 3.63) is 66.0 Å². The van der Waals surface area contributed by atoms with Gasteiger partial charge in [0.1, 0.15) is 0 Å². The predicted molar refractivity (Wildman–Crippen MR) is 110 cm³/mol. The molecule has 1 aromatic heterocycles. The van der Waals surface area contributed by atoms with Crippen LogP contribution < -0.4 is 0 Å². The molecule has 6 heteroatoms. The van der Waals surface area contributed by atoms with Crippen LogP contribution in [0, 0.1) is 6.92 Å². The maximum Gasteiger partial charge on any atom is 0.293 e. The van der Waals surface area contributed by atoms with Crippen molar-refractivity contribution < 1.29 is 4.79 Å². The molecular formula is C22H25N5O. The van der Waals surface area contributed by atoms with Gasteiger partial charge in [0.2, 0.25) is 5.82 Å². The Morgan fingerprint density at radius 1 is 1.14 bits per heavy atom. The Hall–Kier alpha value is -2.99. The van der Waals surface area contributed by atoms with Gasteiger partial charge >= 0.3 is 0 Å². The molecule has 1 amide bonds. The SMILES string of the molecule is Cc1cccc(-n2nc(C(=O)N(C)C3CCN(C)C3)nc2-c2ccccc2)c1. The van der Waals surface area contributed by atoms with Gasteiger partial charge in [0, 0.05) is 25.2 Å². The second-order valence-corrected chi connectivity index (χ2v) is 7.50. The monoisotopic (exact) mass is 375 g/mol. The van der Waals surface area contributed by atoms with E-state index in [0.29, 0.717) is 5.82 Å². The highest BCUT2D eigenvalue weighted by atomic mass is 16.2. The molecule has 1 fully saturated rings. The molecule has 144 valence electrons. The fraction of sp³-hybridized carbons (Fsp3) is 0.318. The average Bonchev–Trinajstić information content (AvgIpc) is 3.34. The number of hydrogen-bond acceptors (Lipinski definition) is 4. The quantitative estimate of drug-likeness (QED) is 0.703. The van der Waals surface area contributed by atoms with E-state index in [1.165, 1.54) is 0 Å². The number of carbonyl (C=O) groups excluding carboxylic acids is 1. The van der Waals surface area contributed by atoms with Gasteiger partial charge in [-0.15, -0.1) is 5.10 Å². The third kappa shape index (κ3) is 3.55. The first-order chi connectivity index (χ1) is 13.5. The number of rotatable bonds is 4. The molecule has 3 aromatic rings. The van der Waals surface area contributed by atoms with E-state index in [4.69, 9.17) is 0 Å². The highest BCUT2D eigenvalue weighted by molar-refractivity contribution is 5.91. The van der Waals surface area contributed by atoms with Crippen molar-refractivity contribution in [1.29, 1.82) is 0 Å². The van der Waals surface area contributed by atoms with Gasteiger partial charge in [-0.3, -0.25) is 4.79 Å². The zero-order chi connectivity index (χ0) is 19.7. The minimum atomic E-state index is -0.135. The minimum Gasteiger partial charge on any atom is -0.335 e. The van der Waals surface area contributed by atoms with Crippen molar-refractivity contribution in [1.82, 2.24) is 24.6 Å². The normalized spacial score (nSPS) is 17.0. The van der Waals surface area contributed by atoms with Crippen LogP contribution in [-0.4, -0.2) is 63.7 Å². The third-order valence-corrected chi connectivity index (χ3v) is 5.31. The number of aromatic nitrogens is 3. The summed E-state index contributed by atoms with van der Waals surface area (Å²) in [4.78, 5) is 21.8. The standard InChI is InChI=1S/C22H25N5O/c1-16-8-7-11-18(14-16)27-21(17-9-5-4-6-10-17)23-20(24-27)22(28)26(3)19-12-13-25(2)15-19/h4-11,14,19H,12-13,15H2,1-3H3. The number of likely N-dealkylation sites (tertiary alicyclic amines) is 1. The van der Waals surface area contributed by atoms with Crippen molar-refractivity contribution in [2.45, 2.75) is 19.4 Å². The number of nitrogens with zero attached hydrogens (tertiary/aromatic N) is 5. The predicted octanol–water partition coefficient (Wildman–Crippen LogP) is 3.02. The van der Waals surface area contributed by atoms with Gasteiger partial charge in [0.05, 0.1) is 5.69 Å². The number of aryl methyl sites for hydroxylation is 1. The zero-order valence-electron chi connectivity index (χ0n) is 16.5. The fourth-order valence-corrected chi connectivity index (χ4v) is 3.67. The second-order valence-electron chi connectivity index (χ2n) is 7.50. The summed E-state index contributed by atoms with van der Waals surface area (Å²) in [6.07, 6.45) is 0.975. The van der Waals surface area contributed by atoms with Crippen molar-refractivity contribution >= 4 is 5.91 Å². The molecule has 0 spiro atoms. The topological polar surface area (TPSA) is 54.3 Å². The lowest BCUT2D eigenvalue weighted by molar-refractivity contribution is 0.0725. The lowest BCUT2D eigenvalue weighted by Gasteiger charge is -2.22. The van der Waals surface area contributed by atoms with E-state index in [1.807, 2.05) is 68.6 Å². The molecule has 1 atom stereocenters. The average molecular weight is 375 g/mol. The zero-order valence-corrected chi connectivity index (χ0v) is 16.5. The van der Waals surface area contributed by atoms with Gasteiger partial charge in [0.15, 0.2) is 5.82 Å². The van der Waals surface area contributed by atoms with Gasteiger partial charge in [-0.05, 0) is 44.6 Å². The van der Waals surface area contributed by atoms with E-state index in [1.54, 1.807) is 9.58 Å². The Balaban J connectivity index is 1.74. The largest absolute Gasteiger partial charge is 0.335 e. The van der Waals surface area contributed by atoms with Gasteiger partial charge in [-0.25, -0.2) is 9.67 Å². The van der Waals surface area contributed by atoms with E-state index < -0.39 is 0 Å².